The van der Waals surface area contributed by atoms with Gasteiger partial charge in [-0.05, 0) is 44.9 Å². The Morgan fingerprint density at radius 2 is 2.05 bits per heavy atom. The van der Waals surface area contributed by atoms with Gasteiger partial charge < -0.3 is 9.72 Å². The summed E-state index contributed by atoms with van der Waals surface area (Å²) in [5.41, 5.74) is 2.08. The number of nitrogens with zero attached hydrogens (tertiary/aromatic N) is 3. The molecular formula is C16H21ClN4. The lowest BCUT2D eigenvalue weighted by molar-refractivity contribution is 0.164. The monoisotopic (exact) mass is 304 g/mol. The normalized spacial score (nSPS) is 28.6. The van der Waals surface area contributed by atoms with Crippen molar-refractivity contribution in [2.75, 3.05) is 7.05 Å². The SMILES string of the molecule is CN(Cc1cn2cc(Cl)ccc2n1)C1CC2CCC(C1)N2. The van der Waals surface area contributed by atoms with Gasteiger partial charge in [-0.2, -0.15) is 0 Å². The van der Waals surface area contributed by atoms with Crippen molar-refractivity contribution >= 4 is 17.2 Å². The van der Waals surface area contributed by atoms with Gasteiger partial charge in [0, 0.05) is 37.1 Å². The van der Waals surface area contributed by atoms with E-state index in [-0.39, 0.29) is 0 Å². The second-order valence-corrected chi connectivity index (χ2v) is 6.96. The number of fused-ring (bicyclic) bond motifs is 3. The summed E-state index contributed by atoms with van der Waals surface area (Å²) < 4.78 is 2.01. The standard InChI is InChI=1S/C16H21ClN4/c1-20(15-6-12-3-4-13(7-15)18-12)9-14-10-21-8-11(17)2-5-16(21)19-14/h2,5,8,10,12-13,15,18H,3-4,6-7,9H2,1H3. The zero-order valence-electron chi connectivity index (χ0n) is 12.3. The number of pyridine rings is 1. The van der Waals surface area contributed by atoms with Crippen molar-refractivity contribution in [1.82, 2.24) is 19.6 Å². The van der Waals surface area contributed by atoms with Crippen LogP contribution in [0, 0.1) is 0 Å². The third-order valence-electron chi connectivity index (χ3n) is 4.95. The zero-order valence-corrected chi connectivity index (χ0v) is 13.1. The van der Waals surface area contributed by atoms with Crippen LogP contribution in [-0.2, 0) is 6.54 Å². The molecule has 1 N–H and O–H groups in total. The second-order valence-electron chi connectivity index (χ2n) is 6.52. The Bertz CT molecular complexity index is 641. The van der Waals surface area contributed by atoms with Crippen molar-refractivity contribution in [3.05, 3.63) is 35.2 Å². The lowest BCUT2D eigenvalue weighted by Crippen LogP contribution is -2.46. The van der Waals surface area contributed by atoms with Crippen molar-refractivity contribution in [3.8, 4) is 0 Å². The molecule has 5 heteroatoms. The molecule has 4 heterocycles. The zero-order chi connectivity index (χ0) is 14.4. The predicted octanol–water partition coefficient (Wildman–Crippen LogP) is 2.70. The van der Waals surface area contributed by atoms with Crippen LogP contribution in [0.1, 0.15) is 31.4 Å². The Morgan fingerprint density at radius 1 is 1.29 bits per heavy atom. The van der Waals surface area contributed by atoms with Crippen molar-refractivity contribution in [2.24, 2.45) is 0 Å². The first-order valence-corrected chi connectivity index (χ1v) is 8.14. The maximum atomic E-state index is 6.03. The lowest BCUT2D eigenvalue weighted by Gasteiger charge is -2.35. The van der Waals surface area contributed by atoms with E-state index in [4.69, 9.17) is 11.6 Å². The second kappa shape index (κ2) is 5.27. The average molecular weight is 305 g/mol. The highest BCUT2D eigenvalue weighted by atomic mass is 35.5. The van der Waals surface area contributed by atoms with E-state index >= 15 is 0 Å². The van der Waals surface area contributed by atoms with Crippen LogP contribution in [0.3, 0.4) is 0 Å². The third kappa shape index (κ3) is 2.68. The molecule has 2 aliphatic rings. The van der Waals surface area contributed by atoms with E-state index in [0.29, 0.717) is 6.04 Å². The van der Waals surface area contributed by atoms with Gasteiger partial charge >= 0.3 is 0 Å². The Labute approximate surface area is 130 Å². The molecule has 2 unspecified atom stereocenters. The van der Waals surface area contributed by atoms with Crippen LogP contribution in [0.15, 0.2) is 24.5 Å². The molecule has 112 valence electrons. The fourth-order valence-electron chi connectivity index (χ4n) is 3.87. The first kappa shape index (κ1) is 13.6. The van der Waals surface area contributed by atoms with Gasteiger partial charge in [-0.25, -0.2) is 4.98 Å². The number of nitrogens with one attached hydrogen (secondary N) is 1. The van der Waals surface area contributed by atoms with Crippen LogP contribution >= 0.6 is 11.6 Å². The van der Waals surface area contributed by atoms with Crippen LogP contribution in [0.2, 0.25) is 5.02 Å². The Balaban J connectivity index is 1.48. The van der Waals surface area contributed by atoms with Gasteiger partial charge in [-0.15, -0.1) is 0 Å². The van der Waals surface area contributed by atoms with Gasteiger partial charge in [0.25, 0.3) is 0 Å². The molecule has 0 aliphatic carbocycles. The molecule has 0 spiro atoms. The Hall–Kier alpha value is -1.10. The van der Waals surface area contributed by atoms with Crippen LogP contribution in [-0.4, -0.2) is 39.5 Å². The number of hydrogen-bond donors (Lipinski definition) is 1. The molecule has 0 radical (unpaired) electrons. The number of aromatic nitrogens is 2. The quantitative estimate of drug-likeness (QED) is 0.946. The summed E-state index contributed by atoms with van der Waals surface area (Å²) in [6.07, 6.45) is 9.24. The number of rotatable bonds is 3. The molecule has 2 bridgehead atoms. The summed E-state index contributed by atoms with van der Waals surface area (Å²) >= 11 is 6.03. The summed E-state index contributed by atoms with van der Waals surface area (Å²) in [6, 6.07) is 6.00. The molecule has 0 aromatic carbocycles. The Morgan fingerprint density at radius 3 is 2.81 bits per heavy atom. The highest BCUT2D eigenvalue weighted by Gasteiger charge is 2.35. The highest BCUT2D eigenvalue weighted by Crippen LogP contribution is 2.29. The predicted molar refractivity (Wildman–Crippen MR) is 84.6 cm³/mol. The average Bonchev–Trinajstić information content (AvgIpc) is 3.00. The first-order chi connectivity index (χ1) is 10.2. The largest absolute Gasteiger partial charge is 0.311 e. The summed E-state index contributed by atoms with van der Waals surface area (Å²) in [7, 11) is 2.23. The van der Waals surface area contributed by atoms with Gasteiger partial charge in [-0.3, -0.25) is 4.90 Å². The van der Waals surface area contributed by atoms with Crippen LogP contribution in [0.5, 0.6) is 0 Å². The number of imidazole rings is 1. The van der Waals surface area contributed by atoms with Crippen LogP contribution in [0.4, 0.5) is 0 Å². The van der Waals surface area contributed by atoms with Crippen molar-refractivity contribution in [2.45, 2.75) is 50.4 Å². The van der Waals surface area contributed by atoms with Gasteiger partial charge in [0.2, 0.25) is 0 Å². The molecule has 4 rings (SSSR count). The van der Waals surface area contributed by atoms with Crippen molar-refractivity contribution in [3.63, 3.8) is 0 Å². The molecular weight excluding hydrogens is 284 g/mol. The van der Waals surface area contributed by atoms with Crippen molar-refractivity contribution < 1.29 is 0 Å². The summed E-state index contributed by atoms with van der Waals surface area (Å²) in [5.74, 6) is 0. The first-order valence-electron chi connectivity index (χ1n) is 7.77. The maximum Gasteiger partial charge on any atom is 0.137 e. The van der Waals surface area contributed by atoms with E-state index in [1.54, 1.807) is 0 Å². The van der Waals surface area contributed by atoms with E-state index in [1.807, 2.05) is 22.7 Å². The van der Waals surface area contributed by atoms with E-state index in [1.165, 1.54) is 25.7 Å². The molecule has 2 aromatic rings. The number of hydrogen-bond acceptors (Lipinski definition) is 3. The summed E-state index contributed by atoms with van der Waals surface area (Å²) in [4.78, 5) is 7.16. The fraction of sp³-hybridized carbons (Fsp3) is 0.562. The van der Waals surface area contributed by atoms with Gasteiger partial charge in [0.05, 0.1) is 10.7 Å². The van der Waals surface area contributed by atoms with E-state index in [0.717, 1.165) is 35.0 Å². The molecule has 2 aromatic heterocycles. The molecule has 0 saturated carbocycles. The minimum absolute atomic E-state index is 0.678. The van der Waals surface area contributed by atoms with Gasteiger partial charge in [0.1, 0.15) is 5.65 Å². The molecule has 4 nitrogen and oxygen atoms in total. The minimum Gasteiger partial charge on any atom is -0.311 e. The molecule has 2 atom stereocenters. The molecule has 2 fully saturated rings. The van der Waals surface area contributed by atoms with E-state index < -0.39 is 0 Å². The topological polar surface area (TPSA) is 32.6 Å². The fourth-order valence-corrected chi connectivity index (χ4v) is 4.03. The summed E-state index contributed by atoms with van der Waals surface area (Å²) in [6.45, 7) is 0.906. The van der Waals surface area contributed by atoms with Gasteiger partial charge in [-0.1, -0.05) is 11.6 Å². The Kier molecular flexibility index (Phi) is 3.40. The highest BCUT2D eigenvalue weighted by molar-refractivity contribution is 6.30. The molecule has 2 saturated heterocycles. The maximum absolute atomic E-state index is 6.03. The summed E-state index contributed by atoms with van der Waals surface area (Å²) in [5, 5.41) is 4.45. The number of halogens is 1. The molecule has 21 heavy (non-hydrogen) atoms. The molecule has 0 amide bonds. The van der Waals surface area contributed by atoms with Crippen LogP contribution < -0.4 is 5.32 Å². The van der Waals surface area contributed by atoms with Crippen molar-refractivity contribution in [1.29, 1.82) is 0 Å². The van der Waals surface area contributed by atoms with Gasteiger partial charge in [0.15, 0.2) is 0 Å². The molecule has 2 aliphatic heterocycles. The smallest absolute Gasteiger partial charge is 0.137 e. The van der Waals surface area contributed by atoms with Crippen LogP contribution in [0.25, 0.3) is 5.65 Å². The van der Waals surface area contributed by atoms with E-state index in [2.05, 4.69) is 28.4 Å². The van der Waals surface area contributed by atoms with E-state index in [9.17, 15) is 0 Å². The lowest BCUT2D eigenvalue weighted by atomic mass is 9.98. The third-order valence-corrected chi connectivity index (χ3v) is 5.17. The minimum atomic E-state index is 0.678. The number of piperidine rings is 1.